The zero-order valence-electron chi connectivity index (χ0n) is 12.7. The first kappa shape index (κ1) is 17.9. The molecule has 1 aromatic carbocycles. The van der Waals surface area contributed by atoms with Gasteiger partial charge in [-0.3, -0.25) is 15.4 Å². The van der Waals surface area contributed by atoms with E-state index < -0.39 is 12.3 Å². The number of aliphatic hydroxyl groups is 1. The summed E-state index contributed by atoms with van der Waals surface area (Å²) >= 11 is 1.45. The summed E-state index contributed by atoms with van der Waals surface area (Å²) in [6.07, 6.45) is 0.800. The third-order valence-electron chi connectivity index (χ3n) is 3.19. The quantitative estimate of drug-likeness (QED) is 0.313. The van der Waals surface area contributed by atoms with Gasteiger partial charge < -0.3 is 5.11 Å². The van der Waals surface area contributed by atoms with Gasteiger partial charge in [0.25, 0.3) is 0 Å². The summed E-state index contributed by atoms with van der Waals surface area (Å²) in [5, 5.41) is 24.1. The highest BCUT2D eigenvalue weighted by atomic mass is 32.2. The van der Waals surface area contributed by atoms with E-state index in [1.807, 2.05) is 48.7 Å². The third-order valence-corrected chi connectivity index (χ3v) is 4.17. The van der Waals surface area contributed by atoms with E-state index in [-0.39, 0.29) is 18.0 Å². The second kappa shape index (κ2) is 8.99. The van der Waals surface area contributed by atoms with Crippen molar-refractivity contribution in [2.24, 2.45) is 0 Å². The number of hydrogen-bond acceptors (Lipinski definition) is 6. The molecule has 6 nitrogen and oxygen atoms in total. The Morgan fingerprint density at radius 2 is 2.24 bits per heavy atom. The Morgan fingerprint density at radius 1 is 1.52 bits per heavy atom. The van der Waals surface area contributed by atoms with E-state index in [1.54, 1.807) is 0 Å². The lowest BCUT2D eigenvalue weighted by Gasteiger charge is -2.27. The van der Waals surface area contributed by atoms with Crippen molar-refractivity contribution in [3.8, 4) is 0 Å². The molecule has 2 N–H and O–H groups in total. The van der Waals surface area contributed by atoms with E-state index in [1.165, 1.54) is 11.9 Å². The SMILES string of the molecule is CCN(SC)C(C[N+](=O)[O-])NCC(O)c1cccc(C)c1. The van der Waals surface area contributed by atoms with Crippen LogP contribution in [0.1, 0.15) is 24.2 Å². The molecule has 0 aliphatic carbocycles. The molecule has 118 valence electrons. The summed E-state index contributed by atoms with van der Waals surface area (Å²) in [5.41, 5.74) is 1.89. The van der Waals surface area contributed by atoms with Gasteiger partial charge in [-0.25, -0.2) is 4.31 Å². The molecule has 0 heterocycles. The fraction of sp³-hybridized carbons (Fsp3) is 0.571. The molecular formula is C14H23N3O3S. The van der Waals surface area contributed by atoms with Crippen LogP contribution in [0.15, 0.2) is 24.3 Å². The molecule has 0 saturated carbocycles. The van der Waals surface area contributed by atoms with E-state index in [0.29, 0.717) is 6.54 Å². The first-order valence-electron chi connectivity index (χ1n) is 6.88. The van der Waals surface area contributed by atoms with E-state index in [0.717, 1.165) is 11.1 Å². The number of benzene rings is 1. The minimum absolute atomic E-state index is 0.199. The predicted octanol–water partition coefficient (Wildman–Crippen LogP) is 1.82. The van der Waals surface area contributed by atoms with Gasteiger partial charge >= 0.3 is 0 Å². The van der Waals surface area contributed by atoms with Gasteiger partial charge in [0.2, 0.25) is 6.54 Å². The summed E-state index contributed by atoms with van der Waals surface area (Å²) in [7, 11) is 0. The van der Waals surface area contributed by atoms with Crippen LogP contribution in [0.5, 0.6) is 0 Å². The first-order valence-corrected chi connectivity index (χ1v) is 8.06. The Kier molecular flexibility index (Phi) is 7.66. The van der Waals surface area contributed by atoms with Crippen LogP contribution in [0.4, 0.5) is 0 Å². The third kappa shape index (κ3) is 6.01. The summed E-state index contributed by atoms with van der Waals surface area (Å²) < 4.78 is 1.89. The van der Waals surface area contributed by atoms with Gasteiger partial charge in [0.05, 0.1) is 6.10 Å². The molecule has 1 rings (SSSR count). The highest BCUT2D eigenvalue weighted by Gasteiger charge is 2.22. The van der Waals surface area contributed by atoms with Crippen molar-refractivity contribution in [1.82, 2.24) is 9.62 Å². The van der Waals surface area contributed by atoms with Crippen LogP contribution in [0.25, 0.3) is 0 Å². The van der Waals surface area contributed by atoms with Gasteiger partial charge in [-0.1, -0.05) is 48.7 Å². The smallest absolute Gasteiger partial charge is 0.233 e. The van der Waals surface area contributed by atoms with Crippen molar-refractivity contribution in [3.05, 3.63) is 45.5 Å². The minimum Gasteiger partial charge on any atom is -0.387 e. The number of aliphatic hydroxyl groups excluding tert-OH is 1. The first-order chi connectivity index (χ1) is 9.97. The Balaban J connectivity index is 2.65. The van der Waals surface area contributed by atoms with Crippen LogP contribution in [0, 0.1) is 17.0 Å². The van der Waals surface area contributed by atoms with Gasteiger partial charge in [-0.05, 0) is 18.7 Å². The second-order valence-electron chi connectivity index (χ2n) is 4.79. The van der Waals surface area contributed by atoms with E-state index >= 15 is 0 Å². The van der Waals surface area contributed by atoms with Crippen LogP contribution in [0.3, 0.4) is 0 Å². The topological polar surface area (TPSA) is 78.6 Å². The van der Waals surface area contributed by atoms with Gasteiger partial charge in [-0.15, -0.1) is 0 Å². The highest BCUT2D eigenvalue weighted by Crippen LogP contribution is 2.15. The standard InChI is InChI=1S/C14H23N3O3S/c1-4-16(21-3)14(10-17(19)20)15-9-13(18)12-7-5-6-11(2)8-12/h5-8,13-15,18H,4,9-10H2,1-3H3. The largest absolute Gasteiger partial charge is 0.387 e. The molecule has 0 aliphatic rings. The van der Waals surface area contributed by atoms with Crippen LogP contribution in [-0.2, 0) is 0 Å². The lowest BCUT2D eigenvalue weighted by molar-refractivity contribution is -0.486. The maximum absolute atomic E-state index is 10.8. The van der Waals surface area contributed by atoms with E-state index in [4.69, 9.17) is 0 Å². The molecule has 0 fully saturated rings. The van der Waals surface area contributed by atoms with Crippen LogP contribution < -0.4 is 5.32 Å². The molecule has 0 spiro atoms. The van der Waals surface area contributed by atoms with Crippen molar-refractivity contribution in [2.45, 2.75) is 26.1 Å². The summed E-state index contributed by atoms with van der Waals surface area (Å²) in [4.78, 5) is 10.4. The lowest BCUT2D eigenvalue weighted by Crippen LogP contribution is -2.47. The Morgan fingerprint density at radius 3 is 2.76 bits per heavy atom. The fourth-order valence-corrected chi connectivity index (χ4v) is 2.77. The molecule has 7 heteroatoms. The second-order valence-corrected chi connectivity index (χ2v) is 5.62. The van der Waals surface area contributed by atoms with E-state index in [2.05, 4.69) is 5.32 Å². The monoisotopic (exact) mass is 313 g/mol. The lowest BCUT2D eigenvalue weighted by atomic mass is 10.1. The molecule has 0 saturated heterocycles. The molecular weight excluding hydrogens is 290 g/mol. The highest BCUT2D eigenvalue weighted by molar-refractivity contribution is 7.96. The molecule has 2 atom stereocenters. The zero-order chi connectivity index (χ0) is 15.8. The number of nitro groups is 1. The summed E-state index contributed by atoms with van der Waals surface area (Å²) in [5.74, 6) is 0. The van der Waals surface area contributed by atoms with Crippen molar-refractivity contribution in [2.75, 3.05) is 25.9 Å². The number of hydrogen-bond donors (Lipinski definition) is 2. The number of aryl methyl sites for hydroxylation is 1. The van der Waals surface area contributed by atoms with Crippen molar-refractivity contribution in [1.29, 1.82) is 0 Å². The molecule has 0 aliphatic heterocycles. The zero-order valence-corrected chi connectivity index (χ0v) is 13.5. The summed E-state index contributed by atoms with van der Waals surface area (Å²) in [6, 6.07) is 7.63. The van der Waals surface area contributed by atoms with Gasteiger partial charge in [0, 0.05) is 18.0 Å². The molecule has 0 radical (unpaired) electrons. The number of nitrogens with one attached hydrogen (secondary N) is 1. The Labute approximate surface area is 129 Å². The molecule has 0 bridgehead atoms. The van der Waals surface area contributed by atoms with Crippen LogP contribution >= 0.6 is 11.9 Å². The Bertz CT molecular complexity index is 455. The van der Waals surface area contributed by atoms with Crippen molar-refractivity contribution < 1.29 is 10.0 Å². The molecule has 1 aromatic rings. The normalized spacial score (nSPS) is 14.1. The van der Waals surface area contributed by atoms with Crippen molar-refractivity contribution >= 4 is 11.9 Å². The van der Waals surface area contributed by atoms with Crippen molar-refractivity contribution in [3.63, 3.8) is 0 Å². The van der Waals surface area contributed by atoms with E-state index in [9.17, 15) is 15.2 Å². The van der Waals surface area contributed by atoms with Crippen LogP contribution in [-0.4, -0.2) is 46.4 Å². The molecule has 0 amide bonds. The summed E-state index contributed by atoms with van der Waals surface area (Å²) in [6.45, 7) is 4.68. The number of likely N-dealkylation sites (N-methyl/N-ethyl adjacent to an activating group) is 1. The number of rotatable bonds is 9. The molecule has 2 unspecified atom stereocenters. The van der Waals surface area contributed by atoms with Gasteiger partial charge in [-0.2, -0.15) is 0 Å². The van der Waals surface area contributed by atoms with Gasteiger partial charge in [0.1, 0.15) is 6.17 Å². The predicted molar refractivity (Wildman–Crippen MR) is 85.7 cm³/mol. The van der Waals surface area contributed by atoms with Crippen LogP contribution in [0.2, 0.25) is 0 Å². The Hall–Kier alpha value is -1.15. The molecule has 21 heavy (non-hydrogen) atoms. The number of nitrogens with zero attached hydrogens (tertiary/aromatic N) is 2. The maximum Gasteiger partial charge on any atom is 0.233 e. The average Bonchev–Trinajstić information content (AvgIpc) is 2.45. The molecule has 0 aromatic heterocycles. The van der Waals surface area contributed by atoms with Gasteiger partial charge in [0.15, 0.2) is 0 Å². The fourth-order valence-electron chi connectivity index (χ4n) is 2.12. The maximum atomic E-state index is 10.8. The minimum atomic E-state index is -0.681. The average molecular weight is 313 g/mol.